The predicted molar refractivity (Wildman–Crippen MR) is 123 cm³/mol. The van der Waals surface area contributed by atoms with Gasteiger partial charge in [0.05, 0.1) is 6.54 Å². The van der Waals surface area contributed by atoms with Crippen molar-refractivity contribution in [3.63, 3.8) is 0 Å². The van der Waals surface area contributed by atoms with Crippen molar-refractivity contribution in [1.29, 1.82) is 0 Å². The summed E-state index contributed by atoms with van der Waals surface area (Å²) in [6.07, 6.45) is 5.17. The first kappa shape index (κ1) is 22.3. The molecule has 0 radical (unpaired) electrons. The zero-order chi connectivity index (χ0) is 21.8. The Morgan fingerprint density at radius 3 is 2.29 bits per heavy atom. The summed E-state index contributed by atoms with van der Waals surface area (Å²) < 4.78 is 0.915. The molecule has 3 aliphatic heterocycles. The van der Waals surface area contributed by atoms with Crippen molar-refractivity contribution in [2.75, 3.05) is 57.3 Å². The topological polar surface area (TPSA) is 64.2 Å². The van der Waals surface area contributed by atoms with Crippen LogP contribution in [0.2, 0.25) is 0 Å². The number of rotatable bonds is 4. The lowest BCUT2D eigenvalue weighted by atomic mass is 10.1. The summed E-state index contributed by atoms with van der Waals surface area (Å²) in [5.41, 5.74) is 0.825. The van der Waals surface area contributed by atoms with Gasteiger partial charge in [-0.15, -0.1) is 0 Å². The second kappa shape index (κ2) is 10.1. The van der Waals surface area contributed by atoms with Crippen LogP contribution < -0.4 is 4.90 Å². The average molecular weight is 491 g/mol. The van der Waals surface area contributed by atoms with E-state index in [-0.39, 0.29) is 17.7 Å². The summed E-state index contributed by atoms with van der Waals surface area (Å²) in [4.78, 5) is 46.2. The maximum atomic E-state index is 13.0. The Bertz CT molecular complexity index is 817. The van der Waals surface area contributed by atoms with E-state index in [0.29, 0.717) is 45.7 Å². The molecule has 3 fully saturated rings. The number of piperazine rings is 1. The Kier molecular flexibility index (Phi) is 7.27. The molecule has 4 rings (SSSR count). The lowest BCUT2D eigenvalue weighted by molar-refractivity contribution is -0.141. The number of halogens is 1. The third kappa shape index (κ3) is 5.29. The van der Waals surface area contributed by atoms with E-state index in [1.54, 1.807) is 9.80 Å². The fourth-order valence-corrected chi connectivity index (χ4v) is 5.15. The van der Waals surface area contributed by atoms with Crippen molar-refractivity contribution in [2.24, 2.45) is 5.92 Å². The molecule has 168 valence electrons. The first-order chi connectivity index (χ1) is 15.0. The zero-order valence-corrected chi connectivity index (χ0v) is 19.6. The standard InChI is InChI=1S/C23H31BrN4O3/c24-18-6-5-7-19(16-18)28-11-8-20(23(28)31)22(30)27-14-12-25(13-15-27)17-21(29)26-9-3-1-2-4-10-26/h5-7,16,20H,1-4,8-15,17H2. The van der Waals surface area contributed by atoms with E-state index in [4.69, 9.17) is 0 Å². The van der Waals surface area contributed by atoms with Crippen LogP contribution in [0.25, 0.3) is 0 Å². The maximum absolute atomic E-state index is 13.0. The molecule has 1 unspecified atom stereocenters. The molecule has 3 saturated heterocycles. The third-order valence-corrected chi connectivity index (χ3v) is 7.12. The lowest BCUT2D eigenvalue weighted by Gasteiger charge is -2.36. The molecule has 1 aromatic rings. The zero-order valence-electron chi connectivity index (χ0n) is 18.0. The van der Waals surface area contributed by atoms with E-state index in [1.165, 1.54) is 12.8 Å². The number of carbonyl (C=O) groups excluding carboxylic acids is 3. The van der Waals surface area contributed by atoms with Crippen molar-refractivity contribution in [3.05, 3.63) is 28.7 Å². The highest BCUT2D eigenvalue weighted by Crippen LogP contribution is 2.28. The van der Waals surface area contributed by atoms with Crippen molar-refractivity contribution < 1.29 is 14.4 Å². The van der Waals surface area contributed by atoms with Gasteiger partial charge in [-0.25, -0.2) is 0 Å². The second-order valence-corrected chi connectivity index (χ2v) is 9.62. The van der Waals surface area contributed by atoms with Crippen LogP contribution >= 0.6 is 15.9 Å². The Hall–Kier alpha value is -1.93. The molecule has 3 heterocycles. The predicted octanol–water partition coefficient (Wildman–Crippen LogP) is 2.35. The number of carbonyl (C=O) groups is 3. The van der Waals surface area contributed by atoms with Crippen molar-refractivity contribution in [1.82, 2.24) is 14.7 Å². The molecule has 8 heteroatoms. The van der Waals surface area contributed by atoms with Crippen LogP contribution in [0, 0.1) is 5.92 Å². The number of anilines is 1. The van der Waals surface area contributed by atoms with Gasteiger partial charge in [0.15, 0.2) is 0 Å². The van der Waals surface area contributed by atoms with Gasteiger partial charge in [-0.2, -0.15) is 0 Å². The van der Waals surface area contributed by atoms with Crippen LogP contribution in [-0.4, -0.2) is 84.8 Å². The fourth-order valence-electron chi connectivity index (χ4n) is 4.77. The molecule has 0 bridgehead atoms. The molecule has 1 aromatic carbocycles. The van der Waals surface area contributed by atoms with Gasteiger partial charge in [-0.05, 0) is 37.5 Å². The summed E-state index contributed by atoms with van der Waals surface area (Å²) in [6.45, 7) is 5.25. The van der Waals surface area contributed by atoms with E-state index in [9.17, 15) is 14.4 Å². The number of hydrogen-bond donors (Lipinski definition) is 0. The Balaban J connectivity index is 1.27. The van der Waals surface area contributed by atoms with Gasteiger partial charge < -0.3 is 14.7 Å². The lowest BCUT2D eigenvalue weighted by Crippen LogP contribution is -2.53. The molecule has 1 atom stereocenters. The van der Waals surface area contributed by atoms with Crippen molar-refractivity contribution >= 4 is 39.3 Å². The van der Waals surface area contributed by atoms with E-state index in [1.807, 2.05) is 29.2 Å². The van der Waals surface area contributed by atoms with Gasteiger partial charge in [-0.3, -0.25) is 19.3 Å². The molecular formula is C23H31BrN4O3. The molecule has 0 aliphatic carbocycles. The molecule has 7 nitrogen and oxygen atoms in total. The molecule has 3 aliphatic rings. The van der Waals surface area contributed by atoms with Gasteiger partial charge >= 0.3 is 0 Å². The van der Waals surface area contributed by atoms with Crippen LogP contribution in [-0.2, 0) is 14.4 Å². The van der Waals surface area contributed by atoms with Crippen LogP contribution in [0.15, 0.2) is 28.7 Å². The second-order valence-electron chi connectivity index (χ2n) is 8.71. The molecular weight excluding hydrogens is 460 g/mol. The van der Waals surface area contributed by atoms with Gasteiger partial charge in [-0.1, -0.05) is 34.8 Å². The minimum atomic E-state index is -0.593. The summed E-state index contributed by atoms with van der Waals surface area (Å²) in [6, 6.07) is 7.62. The number of likely N-dealkylation sites (tertiary alicyclic amines) is 1. The molecule has 0 N–H and O–H groups in total. The van der Waals surface area contributed by atoms with Crippen LogP contribution in [0.3, 0.4) is 0 Å². The summed E-state index contributed by atoms with van der Waals surface area (Å²) in [5.74, 6) is -0.565. The number of hydrogen-bond acceptors (Lipinski definition) is 4. The highest BCUT2D eigenvalue weighted by atomic mass is 79.9. The average Bonchev–Trinajstić information content (AvgIpc) is 2.97. The highest BCUT2D eigenvalue weighted by Gasteiger charge is 2.40. The molecule has 3 amide bonds. The number of amides is 3. The van der Waals surface area contributed by atoms with Gasteiger partial charge in [0.1, 0.15) is 5.92 Å². The Morgan fingerprint density at radius 2 is 1.61 bits per heavy atom. The number of benzene rings is 1. The normalized spacial score (nSPS) is 23.2. The van der Waals surface area contributed by atoms with Crippen molar-refractivity contribution in [2.45, 2.75) is 32.1 Å². The minimum Gasteiger partial charge on any atom is -0.342 e. The third-order valence-electron chi connectivity index (χ3n) is 6.63. The SMILES string of the molecule is O=C(CN1CCN(C(=O)C2CCN(c3cccc(Br)c3)C2=O)CC1)N1CCCCCC1. The molecule has 31 heavy (non-hydrogen) atoms. The Morgan fingerprint density at radius 1 is 0.903 bits per heavy atom. The molecule has 0 spiro atoms. The van der Waals surface area contributed by atoms with Crippen LogP contribution in [0.4, 0.5) is 5.69 Å². The monoisotopic (exact) mass is 490 g/mol. The van der Waals surface area contributed by atoms with Crippen LogP contribution in [0.1, 0.15) is 32.1 Å². The summed E-state index contributed by atoms with van der Waals surface area (Å²) in [7, 11) is 0. The fraction of sp³-hybridized carbons (Fsp3) is 0.609. The summed E-state index contributed by atoms with van der Waals surface area (Å²) >= 11 is 3.44. The van der Waals surface area contributed by atoms with E-state index in [0.717, 1.165) is 36.1 Å². The molecule has 0 aromatic heterocycles. The van der Waals surface area contributed by atoms with Crippen molar-refractivity contribution in [3.8, 4) is 0 Å². The smallest absolute Gasteiger partial charge is 0.239 e. The largest absolute Gasteiger partial charge is 0.342 e. The van der Waals surface area contributed by atoms with E-state index in [2.05, 4.69) is 20.8 Å². The summed E-state index contributed by atoms with van der Waals surface area (Å²) in [5, 5.41) is 0. The maximum Gasteiger partial charge on any atom is 0.239 e. The van der Waals surface area contributed by atoms with E-state index >= 15 is 0 Å². The quantitative estimate of drug-likeness (QED) is 0.607. The Labute approximate surface area is 192 Å². The van der Waals surface area contributed by atoms with E-state index < -0.39 is 5.92 Å². The van der Waals surface area contributed by atoms with Gasteiger partial charge in [0, 0.05) is 56.0 Å². The molecule has 0 saturated carbocycles. The van der Waals surface area contributed by atoms with Gasteiger partial charge in [0.25, 0.3) is 0 Å². The van der Waals surface area contributed by atoms with Gasteiger partial charge in [0.2, 0.25) is 17.7 Å². The highest BCUT2D eigenvalue weighted by molar-refractivity contribution is 9.10. The first-order valence-corrected chi connectivity index (χ1v) is 12.2. The number of nitrogens with zero attached hydrogens (tertiary/aromatic N) is 4. The first-order valence-electron chi connectivity index (χ1n) is 11.4. The van der Waals surface area contributed by atoms with Crippen LogP contribution in [0.5, 0.6) is 0 Å². The minimum absolute atomic E-state index is 0.0685.